The van der Waals surface area contributed by atoms with E-state index in [0.29, 0.717) is 6.04 Å². The minimum absolute atomic E-state index is 0.0636. The van der Waals surface area contributed by atoms with Gasteiger partial charge >= 0.3 is 0 Å². The van der Waals surface area contributed by atoms with Crippen LogP contribution in [0.25, 0.3) is 0 Å². The van der Waals surface area contributed by atoms with E-state index in [1.54, 1.807) is 0 Å². The Labute approximate surface area is 70.0 Å². The van der Waals surface area contributed by atoms with Gasteiger partial charge in [0.1, 0.15) is 6.10 Å². The molecule has 3 heterocycles. The van der Waals surface area contributed by atoms with E-state index in [2.05, 4.69) is 21.0 Å². The van der Waals surface area contributed by atoms with Crippen LogP contribution in [0.5, 0.6) is 0 Å². The molecular formula is C7H10N4O. The Hall–Kier alpha value is -0.910. The van der Waals surface area contributed by atoms with Gasteiger partial charge in [0, 0.05) is 12.8 Å². The van der Waals surface area contributed by atoms with Crippen LogP contribution in [0.2, 0.25) is 0 Å². The smallest absolute Gasteiger partial charge is 0.135 e. The van der Waals surface area contributed by atoms with Crippen LogP contribution in [-0.2, 0) is 4.74 Å². The lowest BCUT2D eigenvalue weighted by atomic mass is 10.2. The number of morpholine rings is 1. The van der Waals surface area contributed by atoms with Gasteiger partial charge in [-0.05, 0) is 0 Å². The van der Waals surface area contributed by atoms with E-state index in [4.69, 9.17) is 4.74 Å². The molecule has 12 heavy (non-hydrogen) atoms. The number of aliphatic imine (C=N–C) groups is 1. The van der Waals surface area contributed by atoms with Gasteiger partial charge in [0.15, 0.2) is 0 Å². The first-order valence-corrected chi connectivity index (χ1v) is 4.08. The zero-order valence-corrected chi connectivity index (χ0v) is 6.53. The monoisotopic (exact) mass is 166 g/mol. The summed E-state index contributed by atoms with van der Waals surface area (Å²) >= 11 is 0. The van der Waals surface area contributed by atoms with Crippen molar-refractivity contribution >= 4 is 6.21 Å². The molecule has 0 aromatic heterocycles. The minimum atomic E-state index is 0.0636. The van der Waals surface area contributed by atoms with Crippen LogP contribution in [0.15, 0.2) is 16.9 Å². The highest BCUT2D eigenvalue weighted by molar-refractivity contribution is 5.71. The highest BCUT2D eigenvalue weighted by Crippen LogP contribution is 2.23. The second-order valence-corrected chi connectivity index (χ2v) is 3.12. The number of rotatable bonds is 0. The lowest BCUT2D eigenvalue weighted by molar-refractivity contribution is 0.00873. The van der Waals surface area contributed by atoms with E-state index < -0.39 is 0 Å². The first-order chi connectivity index (χ1) is 5.95. The Morgan fingerprint density at radius 1 is 1.67 bits per heavy atom. The molecule has 3 rings (SSSR count). The Kier molecular flexibility index (Phi) is 1.26. The number of fused-ring (bicyclic) bond motifs is 3. The zero-order valence-electron chi connectivity index (χ0n) is 6.53. The second kappa shape index (κ2) is 2.29. The molecule has 0 spiro atoms. The highest BCUT2D eigenvalue weighted by atomic mass is 16.5. The molecule has 3 aliphatic heterocycles. The van der Waals surface area contributed by atoms with E-state index in [1.165, 1.54) is 0 Å². The Bertz CT molecular complexity index is 262. The van der Waals surface area contributed by atoms with Crippen LogP contribution in [0.4, 0.5) is 0 Å². The third kappa shape index (κ3) is 0.754. The Morgan fingerprint density at radius 3 is 3.67 bits per heavy atom. The van der Waals surface area contributed by atoms with Crippen molar-refractivity contribution in [1.29, 1.82) is 0 Å². The molecule has 0 amide bonds. The fourth-order valence-corrected chi connectivity index (χ4v) is 1.73. The van der Waals surface area contributed by atoms with Crippen LogP contribution >= 0.6 is 0 Å². The average Bonchev–Trinajstić information content (AvgIpc) is 2.71. The maximum Gasteiger partial charge on any atom is 0.135 e. The fourth-order valence-electron chi connectivity index (χ4n) is 1.73. The van der Waals surface area contributed by atoms with Gasteiger partial charge in [0.2, 0.25) is 0 Å². The molecule has 3 aliphatic rings. The lowest BCUT2D eigenvalue weighted by Gasteiger charge is -2.34. The van der Waals surface area contributed by atoms with Crippen molar-refractivity contribution in [2.24, 2.45) is 4.99 Å². The predicted molar refractivity (Wildman–Crippen MR) is 43.1 cm³/mol. The molecule has 2 fully saturated rings. The molecular weight excluding hydrogens is 156 g/mol. The molecule has 5 nitrogen and oxygen atoms in total. The molecule has 2 unspecified atom stereocenters. The number of ether oxygens (including phenoxy) is 1. The first-order valence-electron chi connectivity index (χ1n) is 4.08. The molecule has 0 aliphatic carbocycles. The molecule has 64 valence electrons. The molecule has 0 saturated carbocycles. The maximum absolute atomic E-state index is 5.58. The van der Waals surface area contributed by atoms with Crippen molar-refractivity contribution in [2.75, 3.05) is 13.2 Å². The molecule has 0 aromatic rings. The topological polar surface area (TPSA) is 48.9 Å². The number of hydrogen-bond donors (Lipinski definition) is 2. The van der Waals surface area contributed by atoms with Crippen LogP contribution in [-0.4, -0.2) is 36.5 Å². The van der Waals surface area contributed by atoms with Gasteiger partial charge in [-0.1, -0.05) is 0 Å². The maximum atomic E-state index is 5.58. The van der Waals surface area contributed by atoms with Crippen molar-refractivity contribution in [1.82, 2.24) is 16.0 Å². The molecule has 5 heteroatoms. The molecule has 2 atom stereocenters. The number of hydrazine groups is 2. The van der Waals surface area contributed by atoms with Crippen molar-refractivity contribution in [2.45, 2.75) is 12.1 Å². The molecule has 0 radical (unpaired) electrons. The van der Waals surface area contributed by atoms with Crippen LogP contribution in [0, 0.1) is 0 Å². The van der Waals surface area contributed by atoms with Crippen molar-refractivity contribution < 1.29 is 4.74 Å². The molecule has 0 bridgehead atoms. The van der Waals surface area contributed by atoms with Crippen LogP contribution in [0.1, 0.15) is 0 Å². The van der Waals surface area contributed by atoms with Gasteiger partial charge in [-0.2, -0.15) is 5.53 Å². The van der Waals surface area contributed by atoms with E-state index in [-0.39, 0.29) is 6.10 Å². The Balaban J connectivity index is 1.91. The summed E-state index contributed by atoms with van der Waals surface area (Å²) < 4.78 is 5.58. The van der Waals surface area contributed by atoms with Crippen LogP contribution < -0.4 is 11.0 Å². The summed E-state index contributed by atoms with van der Waals surface area (Å²) in [5.41, 5.74) is 7.27. The SMILES string of the molecule is C1=NC=C2C1OCC1CNNN21. The van der Waals surface area contributed by atoms with Gasteiger partial charge in [-0.15, -0.1) is 0 Å². The first kappa shape index (κ1) is 6.59. The van der Waals surface area contributed by atoms with Gasteiger partial charge in [-0.25, -0.2) is 5.43 Å². The summed E-state index contributed by atoms with van der Waals surface area (Å²) in [6.07, 6.45) is 3.73. The third-order valence-corrected chi connectivity index (χ3v) is 2.37. The predicted octanol–water partition coefficient (Wildman–Crippen LogP) is -0.996. The number of nitrogens with zero attached hydrogens (tertiary/aromatic N) is 2. The van der Waals surface area contributed by atoms with E-state index in [0.717, 1.165) is 18.8 Å². The van der Waals surface area contributed by atoms with E-state index >= 15 is 0 Å². The highest BCUT2D eigenvalue weighted by Gasteiger charge is 2.36. The van der Waals surface area contributed by atoms with Gasteiger partial charge in [0.25, 0.3) is 0 Å². The van der Waals surface area contributed by atoms with Crippen LogP contribution in [0.3, 0.4) is 0 Å². The summed E-state index contributed by atoms with van der Waals surface area (Å²) in [5, 5.41) is 2.10. The standard InChI is InChI=1S/C7H10N4O/c1-5-4-12-7-3-8-2-6(7)11(5)10-9-1/h2-3,5,7,9-10H,1,4H2. The summed E-state index contributed by atoms with van der Waals surface area (Å²) in [6, 6.07) is 0.411. The quantitative estimate of drug-likeness (QED) is 0.485. The normalized spacial score (nSPS) is 38.0. The van der Waals surface area contributed by atoms with E-state index in [1.807, 2.05) is 12.4 Å². The summed E-state index contributed by atoms with van der Waals surface area (Å²) in [6.45, 7) is 1.68. The lowest BCUT2D eigenvalue weighted by Crippen LogP contribution is -2.48. The van der Waals surface area contributed by atoms with Crippen molar-refractivity contribution in [3.63, 3.8) is 0 Å². The average molecular weight is 166 g/mol. The molecule has 2 saturated heterocycles. The molecule has 2 N–H and O–H groups in total. The van der Waals surface area contributed by atoms with Crippen molar-refractivity contribution in [3.05, 3.63) is 11.9 Å². The zero-order chi connectivity index (χ0) is 7.97. The van der Waals surface area contributed by atoms with Gasteiger partial charge < -0.3 is 4.74 Å². The van der Waals surface area contributed by atoms with Crippen molar-refractivity contribution in [3.8, 4) is 0 Å². The van der Waals surface area contributed by atoms with E-state index in [9.17, 15) is 0 Å². The van der Waals surface area contributed by atoms with Gasteiger partial charge in [-0.3, -0.25) is 10.0 Å². The minimum Gasteiger partial charge on any atom is -0.364 e. The summed E-state index contributed by atoms with van der Waals surface area (Å²) in [7, 11) is 0. The number of nitrogens with one attached hydrogen (secondary N) is 2. The summed E-state index contributed by atoms with van der Waals surface area (Å²) in [4.78, 5) is 4.07. The number of hydrogen-bond acceptors (Lipinski definition) is 5. The second-order valence-electron chi connectivity index (χ2n) is 3.12. The largest absolute Gasteiger partial charge is 0.364 e. The molecule has 0 aromatic carbocycles. The summed E-state index contributed by atoms with van der Waals surface area (Å²) in [5.74, 6) is 0. The third-order valence-electron chi connectivity index (χ3n) is 2.37. The Morgan fingerprint density at radius 2 is 2.67 bits per heavy atom. The van der Waals surface area contributed by atoms with Gasteiger partial charge in [0.05, 0.1) is 24.5 Å². The fraction of sp³-hybridized carbons (Fsp3) is 0.571.